The molecule has 0 aliphatic rings. The quantitative estimate of drug-likeness (QED) is 0.239. The molecule has 0 bridgehead atoms. The SMILES string of the molecule is NC(CCCCNC(=O)O)C(=O)O.NCCCCC(N)C(=O)O. The van der Waals surface area contributed by atoms with Crippen molar-refractivity contribution >= 4 is 18.0 Å². The molecule has 10 heteroatoms. The normalized spacial score (nSPS) is 12.5. The van der Waals surface area contributed by atoms with Gasteiger partial charge in [0.2, 0.25) is 0 Å². The van der Waals surface area contributed by atoms with E-state index in [1.54, 1.807) is 0 Å². The van der Waals surface area contributed by atoms with Gasteiger partial charge in [-0.05, 0) is 38.6 Å². The lowest BCUT2D eigenvalue weighted by molar-refractivity contribution is -0.139. The van der Waals surface area contributed by atoms with Gasteiger partial charge in [-0.3, -0.25) is 9.59 Å². The van der Waals surface area contributed by atoms with E-state index in [4.69, 9.17) is 32.5 Å². The number of aliphatic carboxylic acids is 2. The van der Waals surface area contributed by atoms with Crippen LogP contribution in [0.1, 0.15) is 38.5 Å². The van der Waals surface area contributed by atoms with Crippen LogP contribution in [-0.2, 0) is 9.59 Å². The van der Waals surface area contributed by atoms with Gasteiger partial charge < -0.3 is 37.8 Å². The Morgan fingerprint density at radius 1 is 0.826 bits per heavy atom. The smallest absolute Gasteiger partial charge is 0.404 e. The van der Waals surface area contributed by atoms with Crippen LogP contribution in [0.2, 0.25) is 0 Å². The molecule has 23 heavy (non-hydrogen) atoms. The topological polar surface area (TPSA) is 202 Å². The fourth-order valence-electron chi connectivity index (χ4n) is 1.44. The summed E-state index contributed by atoms with van der Waals surface area (Å²) in [5.74, 6) is -1.96. The number of nitrogens with two attached hydrogens (primary N) is 3. The summed E-state index contributed by atoms with van der Waals surface area (Å²) in [5.41, 5.74) is 15.6. The minimum absolute atomic E-state index is 0.335. The third-order valence-electron chi connectivity index (χ3n) is 2.82. The predicted molar refractivity (Wildman–Crippen MR) is 84.0 cm³/mol. The summed E-state index contributed by atoms with van der Waals surface area (Å²) in [5, 5.41) is 27.1. The first kappa shape index (κ1) is 23.4. The second kappa shape index (κ2) is 15.0. The van der Waals surface area contributed by atoms with Crippen molar-refractivity contribution in [3.63, 3.8) is 0 Å². The minimum Gasteiger partial charge on any atom is -0.480 e. The van der Waals surface area contributed by atoms with E-state index in [0.717, 1.165) is 12.8 Å². The van der Waals surface area contributed by atoms with Crippen LogP contribution in [0, 0.1) is 0 Å². The van der Waals surface area contributed by atoms with Crippen molar-refractivity contribution < 1.29 is 29.7 Å². The Labute approximate surface area is 135 Å². The molecule has 0 spiro atoms. The lowest BCUT2D eigenvalue weighted by Crippen LogP contribution is -2.30. The second-order valence-electron chi connectivity index (χ2n) is 4.90. The second-order valence-corrected chi connectivity index (χ2v) is 4.90. The fraction of sp³-hybridized carbons (Fsp3) is 0.769. The molecular weight excluding hydrogens is 308 g/mol. The number of hydrogen-bond acceptors (Lipinski definition) is 6. The highest BCUT2D eigenvalue weighted by molar-refractivity contribution is 5.73. The van der Waals surface area contributed by atoms with Crippen LogP contribution >= 0.6 is 0 Å². The maximum atomic E-state index is 10.2. The van der Waals surface area contributed by atoms with E-state index in [9.17, 15) is 14.4 Å². The molecule has 0 aromatic rings. The minimum atomic E-state index is -1.07. The highest BCUT2D eigenvalue weighted by atomic mass is 16.4. The Kier molecular flexibility index (Phi) is 15.2. The molecule has 0 aliphatic carbocycles. The number of unbranched alkanes of at least 4 members (excludes halogenated alkanes) is 2. The monoisotopic (exact) mass is 336 g/mol. The van der Waals surface area contributed by atoms with Gasteiger partial charge in [0, 0.05) is 6.54 Å². The van der Waals surface area contributed by atoms with E-state index in [0.29, 0.717) is 38.8 Å². The maximum absolute atomic E-state index is 10.2. The molecule has 136 valence electrons. The van der Waals surface area contributed by atoms with Gasteiger partial charge in [-0.25, -0.2) is 4.79 Å². The number of nitrogens with one attached hydrogen (secondary N) is 1. The molecule has 0 heterocycles. The summed E-state index contributed by atoms with van der Waals surface area (Å²) >= 11 is 0. The van der Waals surface area contributed by atoms with E-state index in [2.05, 4.69) is 5.32 Å². The van der Waals surface area contributed by atoms with Gasteiger partial charge in [0.25, 0.3) is 0 Å². The average Bonchev–Trinajstić information content (AvgIpc) is 2.46. The van der Waals surface area contributed by atoms with Crippen LogP contribution in [0.25, 0.3) is 0 Å². The van der Waals surface area contributed by atoms with Gasteiger partial charge >= 0.3 is 18.0 Å². The first-order valence-corrected chi connectivity index (χ1v) is 7.36. The third-order valence-corrected chi connectivity index (χ3v) is 2.82. The molecule has 0 saturated heterocycles. The molecule has 0 saturated carbocycles. The van der Waals surface area contributed by atoms with Crippen LogP contribution in [0.3, 0.4) is 0 Å². The van der Waals surface area contributed by atoms with Crippen molar-refractivity contribution in [2.24, 2.45) is 17.2 Å². The first-order valence-electron chi connectivity index (χ1n) is 7.36. The number of hydrogen-bond donors (Lipinski definition) is 7. The Morgan fingerprint density at radius 2 is 1.26 bits per heavy atom. The van der Waals surface area contributed by atoms with Gasteiger partial charge in [-0.1, -0.05) is 6.42 Å². The Morgan fingerprint density at radius 3 is 1.61 bits per heavy atom. The van der Waals surface area contributed by atoms with Gasteiger partial charge in [0.05, 0.1) is 0 Å². The van der Waals surface area contributed by atoms with Gasteiger partial charge in [0.1, 0.15) is 12.1 Å². The van der Waals surface area contributed by atoms with Crippen LogP contribution in [-0.4, -0.2) is 58.5 Å². The highest BCUT2D eigenvalue weighted by Gasteiger charge is 2.10. The van der Waals surface area contributed by atoms with Gasteiger partial charge in [-0.15, -0.1) is 0 Å². The molecule has 0 aliphatic heterocycles. The number of amides is 1. The van der Waals surface area contributed by atoms with Gasteiger partial charge in [0.15, 0.2) is 0 Å². The zero-order chi connectivity index (χ0) is 18.3. The summed E-state index contributed by atoms with van der Waals surface area (Å²) < 4.78 is 0. The van der Waals surface area contributed by atoms with E-state index in [-0.39, 0.29) is 0 Å². The average molecular weight is 336 g/mol. The Balaban J connectivity index is 0. The molecule has 10 N–H and O–H groups in total. The number of carboxylic acids is 2. The summed E-state index contributed by atoms with van der Waals surface area (Å²) in [4.78, 5) is 30.3. The standard InChI is InChI=1S/C7H14N2O4.C6H14N2O2/c8-5(6(10)11)3-1-2-4-9-7(12)13;7-4-2-1-3-5(8)6(9)10/h5,9H,1-4,8H2,(H,10,11)(H,12,13);5H,1-4,7-8H2,(H,9,10). The zero-order valence-corrected chi connectivity index (χ0v) is 13.1. The van der Waals surface area contributed by atoms with Crippen LogP contribution in [0.5, 0.6) is 0 Å². The third kappa shape index (κ3) is 18.0. The highest BCUT2D eigenvalue weighted by Crippen LogP contribution is 1.98. The molecule has 0 rings (SSSR count). The maximum Gasteiger partial charge on any atom is 0.404 e. The van der Waals surface area contributed by atoms with Crippen molar-refractivity contribution in [3.05, 3.63) is 0 Å². The number of rotatable bonds is 11. The molecule has 2 unspecified atom stereocenters. The molecule has 0 radical (unpaired) electrons. The van der Waals surface area contributed by atoms with Crippen molar-refractivity contribution in [1.29, 1.82) is 0 Å². The zero-order valence-electron chi connectivity index (χ0n) is 13.1. The predicted octanol–water partition coefficient (Wildman–Crippen LogP) is -0.636. The molecule has 0 fully saturated rings. The molecule has 0 aromatic heterocycles. The summed E-state index contributed by atoms with van der Waals surface area (Å²) in [6.07, 6.45) is 2.68. The van der Waals surface area contributed by atoms with E-state index in [1.165, 1.54) is 0 Å². The summed E-state index contributed by atoms with van der Waals surface area (Å²) in [6.45, 7) is 0.939. The van der Waals surface area contributed by atoms with Crippen molar-refractivity contribution in [2.45, 2.75) is 50.6 Å². The molecule has 2 atom stereocenters. The summed E-state index contributed by atoms with van der Waals surface area (Å²) in [6, 6.07) is -1.56. The van der Waals surface area contributed by atoms with E-state index in [1.807, 2.05) is 0 Å². The number of carbonyl (C=O) groups is 3. The molecule has 0 aromatic carbocycles. The van der Waals surface area contributed by atoms with E-state index >= 15 is 0 Å². The largest absolute Gasteiger partial charge is 0.480 e. The lowest BCUT2D eigenvalue weighted by Gasteiger charge is -2.05. The molecular formula is C13H28N4O6. The van der Waals surface area contributed by atoms with Crippen molar-refractivity contribution in [1.82, 2.24) is 5.32 Å². The van der Waals surface area contributed by atoms with E-state index < -0.39 is 30.1 Å². The Bertz CT molecular complexity index is 353. The van der Waals surface area contributed by atoms with Crippen LogP contribution in [0.15, 0.2) is 0 Å². The summed E-state index contributed by atoms with van der Waals surface area (Å²) in [7, 11) is 0. The first-order chi connectivity index (χ1) is 10.7. The van der Waals surface area contributed by atoms with Crippen molar-refractivity contribution in [2.75, 3.05) is 13.1 Å². The van der Waals surface area contributed by atoms with Crippen molar-refractivity contribution in [3.8, 4) is 0 Å². The number of carboxylic acid groups (broad SMARTS) is 3. The Hall–Kier alpha value is -1.91. The molecule has 1 amide bonds. The van der Waals surface area contributed by atoms with Crippen LogP contribution in [0.4, 0.5) is 4.79 Å². The van der Waals surface area contributed by atoms with Gasteiger partial charge in [-0.2, -0.15) is 0 Å². The van der Waals surface area contributed by atoms with Crippen LogP contribution < -0.4 is 22.5 Å². The lowest BCUT2D eigenvalue weighted by atomic mass is 10.1. The fourth-order valence-corrected chi connectivity index (χ4v) is 1.44. The molecule has 10 nitrogen and oxygen atoms in total.